The summed E-state index contributed by atoms with van der Waals surface area (Å²) >= 11 is 1.23. The minimum absolute atomic E-state index is 0.236. The molecule has 2 fully saturated rings. The minimum atomic E-state index is -3.66. The van der Waals surface area contributed by atoms with E-state index >= 15 is 0 Å². The Morgan fingerprint density at radius 2 is 1.82 bits per heavy atom. The van der Waals surface area contributed by atoms with E-state index in [1.165, 1.54) is 11.3 Å². The molecule has 0 atom stereocenters. The zero-order valence-electron chi connectivity index (χ0n) is 21.6. The van der Waals surface area contributed by atoms with Crippen molar-refractivity contribution >= 4 is 43.3 Å². The SMILES string of the molecule is CCOOCc1cnc(N2CCC(CNS(=O)(=O)c3cc4nc(C)nc(N5CCOCC5)c4s3)CC2)nc1. The van der Waals surface area contributed by atoms with Gasteiger partial charge in [0.25, 0.3) is 0 Å². The first-order chi connectivity index (χ1) is 18.4. The van der Waals surface area contributed by atoms with Crippen LogP contribution in [-0.2, 0) is 31.1 Å². The lowest BCUT2D eigenvalue weighted by atomic mass is 9.97. The number of aryl methyl sites for hydroxylation is 1. The zero-order chi connectivity index (χ0) is 26.5. The van der Waals surface area contributed by atoms with Crippen molar-refractivity contribution < 1.29 is 22.9 Å². The molecule has 0 aliphatic carbocycles. The summed E-state index contributed by atoms with van der Waals surface area (Å²) in [5, 5.41) is 0. The summed E-state index contributed by atoms with van der Waals surface area (Å²) in [6.45, 7) is 9.09. The Hall–Kier alpha value is -2.49. The number of aromatic nitrogens is 4. The number of anilines is 2. The Kier molecular flexibility index (Phi) is 8.65. The summed E-state index contributed by atoms with van der Waals surface area (Å²) in [5.74, 6) is 2.31. The number of morpholine rings is 1. The van der Waals surface area contributed by atoms with E-state index in [9.17, 15) is 8.42 Å². The fourth-order valence-electron chi connectivity index (χ4n) is 4.54. The number of thiophene rings is 1. The van der Waals surface area contributed by atoms with Crippen molar-refractivity contribution in [3.63, 3.8) is 0 Å². The standard InChI is InChI=1S/C24H33N7O5S2/c1-3-35-36-16-19-13-25-24(26-14-19)31-6-4-18(5-7-31)15-27-38(32,33)21-12-20-22(37-21)23(29-17(2)28-20)30-8-10-34-11-9-30/h12-14,18,27H,3-11,15-16H2,1-2H3. The van der Waals surface area contributed by atoms with Crippen LogP contribution in [0.25, 0.3) is 10.2 Å². The molecule has 1 N–H and O–H groups in total. The van der Waals surface area contributed by atoms with Gasteiger partial charge in [0, 0.05) is 50.7 Å². The largest absolute Gasteiger partial charge is 0.378 e. The third-order valence-corrected chi connectivity index (χ3v) is 9.61. The van der Waals surface area contributed by atoms with Crippen LogP contribution in [0, 0.1) is 12.8 Å². The van der Waals surface area contributed by atoms with Gasteiger partial charge in [-0.3, -0.25) is 0 Å². The second-order valence-corrected chi connectivity index (χ2v) is 12.4. The highest BCUT2D eigenvalue weighted by Crippen LogP contribution is 2.34. The van der Waals surface area contributed by atoms with E-state index in [1.807, 2.05) is 13.8 Å². The smallest absolute Gasteiger partial charge is 0.250 e. The molecule has 38 heavy (non-hydrogen) atoms. The molecule has 12 nitrogen and oxygen atoms in total. The van der Waals surface area contributed by atoms with Gasteiger partial charge in [0.05, 0.1) is 30.0 Å². The van der Waals surface area contributed by atoms with Crippen molar-refractivity contribution in [2.45, 2.75) is 37.5 Å². The molecule has 5 rings (SSSR count). The average molecular weight is 564 g/mol. The molecule has 3 aromatic heterocycles. The highest BCUT2D eigenvalue weighted by atomic mass is 32.2. The Balaban J connectivity index is 1.17. The van der Waals surface area contributed by atoms with Gasteiger partial charge in [0.2, 0.25) is 16.0 Å². The summed E-state index contributed by atoms with van der Waals surface area (Å²) in [4.78, 5) is 32.2. The van der Waals surface area contributed by atoms with Gasteiger partial charge in [-0.05, 0) is 38.7 Å². The van der Waals surface area contributed by atoms with Gasteiger partial charge < -0.3 is 14.5 Å². The van der Waals surface area contributed by atoms with Crippen LogP contribution < -0.4 is 14.5 Å². The number of nitrogens with one attached hydrogen (secondary N) is 1. The summed E-state index contributed by atoms with van der Waals surface area (Å²) in [6.07, 6.45) is 5.17. The van der Waals surface area contributed by atoms with E-state index in [0.29, 0.717) is 50.3 Å². The maximum Gasteiger partial charge on any atom is 0.250 e. The first-order valence-electron chi connectivity index (χ1n) is 12.8. The summed E-state index contributed by atoms with van der Waals surface area (Å²) in [5.41, 5.74) is 1.50. The lowest BCUT2D eigenvalue weighted by molar-refractivity contribution is -0.300. The van der Waals surface area contributed by atoms with Gasteiger partial charge in [0.15, 0.2) is 5.82 Å². The number of sulfonamides is 1. The molecule has 0 radical (unpaired) electrons. The quantitative estimate of drug-likeness (QED) is 0.221. The van der Waals surface area contributed by atoms with Crippen LogP contribution in [-0.4, -0.2) is 80.9 Å². The topological polar surface area (TPSA) is 132 Å². The fraction of sp³-hybridized carbons (Fsp3) is 0.583. The molecule has 0 amide bonds. The predicted molar refractivity (Wildman–Crippen MR) is 144 cm³/mol. The molecule has 2 aliphatic heterocycles. The van der Waals surface area contributed by atoms with Crippen LogP contribution in [0.4, 0.5) is 11.8 Å². The Labute approximate surface area is 226 Å². The molecule has 0 spiro atoms. The molecule has 2 saturated heterocycles. The highest BCUT2D eigenvalue weighted by molar-refractivity contribution is 7.91. The second-order valence-electron chi connectivity index (χ2n) is 9.32. The summed E-state index contributed by atoms with van der Waals surface area (Å²) in [6, 6.07) is 1.66. The van der Waals surface area contributed by atoms with Crippen molar-refractivity contribution in [2.75, 3.05) is 62.3 Å². The van der Waals surface area contributed by atoms with Crippen LogP contribution in [0.3, 0.4) is 0 Å². The first-order valence-corrected chi connectivity index (χ1v) is 15.1. The molecular formula is C24H33N7O5S2. The molecule has 0 saturated carbocycles. The number of rotatable bonds is 10. The monoisotopic (exact) mass is 563 g/mol. The predicted octanol–water partition coefficient (Wildman–Crippen LogP) is 2.29. The molecule has 14 heteroatoms. The third-order valence-electron chi connectivity index (χ3n) is 6.60. The lowest BCUT2D eigenvalue weighted by Crippen LogP contribution is -2.39. The van der Waals surface area contributed by atoms with Gasteiger partial charge in [-0.2, -0.15) is 0 Å². The van der Waals surface area contributed by atoms with Gasteiger partial charge >= 0.3 is 0 Å². The Bertz CT molecular complexity index is 1320. The van der Waals surface area contributed by atoms with Gasteiger partial charge in [-0.15, -0.1) is 11.3 Å². The van der Waals surface area contributed by atoms with Gasteiger partial charge in [-0.1, -0.05) is 0 Å². The van der Waals surface area contributed by atoms with Crippen molar-refractivity contribution in [1.82, 2.24) is 24.7 Å². The molecular weight excluding hydrogens is 530 g/mol. The highest BCUT2D eigenvalue weighted by Gasteiger charge is 2.26. The van der Waals surface area contributed by atoms with Crippen molar-refractivity contribution in [1.29, 1.82) is 0 Å². The molecule has 0 unspecified atom stereocenters. The van der Waals surface area contributed by atoms with Crippen molar-refractivity contribution in [3.05, 3.63) is 29.8 Å². The zero-order valence-corrected chi connectivity index (χ0v) is 23.3. The first kappa shape index (κ1) is 27.1. The van der Waals surface area contributed by atoms with E-state index < -0.39 is 10.0 Å². The molecule has 3 aromatic rings. The molecule has 0 bridgehead atoms. The molecule has 2 aliphatic rings. The van der Waals surface area contributed by atoms with Crippen molar-refractivity contribution in [3.8, 4) is 0 Å². The van der Waals surface area contributed by atoms with Gasteiger partial charge in [0.1, 0.15) is 16.6 Å². The van der Waals surface area contributed by atoms with E-state index in [-0.39, 0.29) is 10.1 Å². The van der Waals surface area contributed by atoms with E-state index in [2.05, 4.69) is 34.5 Å². The third kappa shape index (κ3) is 6.38. The number of hydrogen-bond donors (Lipinski definition) is 1. The fourth-order valence-corrected chi connectivity index (χ4v) is 7.12. The summed E-state index contributed by atoms with van der Waals surface area (Å²) < 4.78 is 35.7. The summed E-state index contributed by atoms with van der Waals surface area (Å²) in [7, 11) is -3.66. The Morgan fingerprint density at radius 1 is 1.08 bits per heavy atom. The van der Waals surface area contributed by atoms with Crippen LogP contribution in [0.1, 0.15) is 31.2 Å². The number of nitrogens with zero attached hydrogens (tertiary/aromatic N) is 6. The van der Waals surface area contributed by atoms with Crippen LogP contribution >= 0.6 is 11.3 Å². The normalized spacial score (nSPS) is 17.4. The van der Waals surface area contributed by atoms with Crippen LogP contribution in [0.2, 0.25) is 0 Å². The minimum Gasteiger partial charge on any atom is -0.378 e. The molecule has 5 heterocycles. The van der Waals surface area contributed by atoms with Crippen LogP contribution in [0.15, 0.2) is 22.7 Å². The van der Waals surface area contributed by atoms with Crippen molar-refractivity contribution in [2.24, 2.45) is 5.92 Å². The van der Waals surface area contributed by atoms with Crippen LogP contribution in [0.5, 0.6) is 0 Å². The van der Waals surface area contributed by atoms with E-state index in [1.54, 1.807) is 18.5 Å². The van der Waals surface area contributed by atoms with E-state index in [4.69, 9.17) is 14.5 Å². The molecule has 0 aromatic carbocycles. The maximum absolute atomic E-state index is 13.2. The number of ether oxygens (including phenoxy) is 1. The lowest BCUT2D eigenvalue weighted by Gasteiger charge is -2.32. The number of piperidine rings is 1. The molecule has 206 valence electrons. The van der Waals surface area contributed by atoms with E-state index in [0.717, 1.165) is 55.1 Å². The maximum atomic E-state index is 13.2. The Morgan fingerprint density at radius 3 is 2.53 bits per heavy atom. The number of fused-ring (bicyclic) bond motifs is 1. The average Bonchev–Trinajstić information content (AvgIpc) is 3.38. The second kappa shape index (κ2) is 12.1. The number of hydrogen-bond acceptors (Lipinski definition) is 12. The van der Waals surface area contributed by atoms with Gasteiger partial charge in [-0.25, -0.2) is 42.9 Å².